The van der Waals surface area contributed by atoms with Crippen molar-refractivity contribution in [1.82, 2.24) is 0 Å². The fourth-order valence-electron chi connectivity index (χ4n) is 4.50. The lowest BCUT2D eigenvalue weighted by atomic mass is 9.97. The molecule has 0 bridgehead atoms. The highest BCUT2D eigenvalue weighted by atomic mass is 16.9. The molecule has 32 heavy (non-hydrogen) atoms. The number of ether oxygens (including phenoxy) is 6. The van der Waals surface area contributed by atoms with Crippen LogP contribution in [-0.2, 0) is 35.0 Å². The van der Waals surface area contributed by atoms with Crippen LogP contribution in [0.1, 0.15) is 30.5 Å². The summed E-state index contributed by atoms with van der Waals surface area (Å²) in [5.74, 6) is -1.79. The molecule has 0 unspecified atom stereocenters. The van der Waals surface area contributed by atoms with E-state index in [2.05, 4.69) is 19.1 Å². The van der Waals surface area contributed by atoms with Gasteiger partial charge in [0.2, 0.25) is 5.79 Å². The van der Waals surface area contributed by atoms with Crippen molar-refractivity contribution < 1.29 is 28.4 Å². The van der Waals surface area contributed by atoms with Gasteiger partial charge in [0, 0.05) is 0 Å². The van der Waals surface area contributed by atoms with Gasteiger partial charge in [0.1, 0.15) is 24.9 Å². The minimum Gasteiger partial charge on any atom is -0.365 e. The molecule has 2 aromatic carbocycles. The normalized spacial score (nSPS) is 33.7. The maximum Gasteiger partial charge on any atom is 0.224 e. The predicted octanol–water partition coefficient (Wildman–Crippen LogP) is 4.21. The summed E-state index contributed by atoms with van der Waals surface area (Å²) in [6, 6.07) is 18.3. The molecular formula is C26H30O6. The first-order valence-corrected chi connectivity index (χ1v) is 11.1. The summed E-state index contributed by atoms with van der Waals surface area (Å²) in [6.07, 6.45) is 2.35. The summed E-state index contributed by atoms with van der Waals surface area (Å²) in [5, 5.41) is 0. The Hall–Kier alpha value is -2.06. The molecular weight excluding hydrogens is 408 g/mol. The minimum atomic E-state index is -1.03. The molecule has 0 radical (unpaired) electrons. The highest BCUT2D eigenvalue weighted by Crippen LogP contribution is 2.43. The van der Waals surface area contributed by atoms with E-state index in [1.807, 2.05) is 68.5 Å². The van der Waals surface area contributed by atoms with Gasteiger partial charge < -0.3 is 28.4 Å². The zero-order chi connectivity index (χ0) is 22.2. The molecule has 0 aromatic heterocycles. The van der Waals surface area contributed by atoms with E-state index in [0.29, 0.717) is 13.2 Å². The van der Waals surface area contributed by atoms with Crippen LogP contribution in [-0.4, -0.2) is 49.4 Å². The Morgan fingerprint density at radius 3 is 2.62 bits per heavy atom. The van der Waals surface area contributed by atoms with Gasteiger partial charge in [-0.15, -0.1) is 0 Å². The summed E-state index contributed by atoms with van der Waals surface area (Å²) in [5.41, 5.74) is 3.36. The van der Waals surface area contributed by atoms with Crippen LogP contribution in [0.4, 0.5) is 0 Å². The number of rotatable bonds is 5. The van der Waals surface area contributed by atoms with E-state index in [9.17, 15) is 0 Å². The lowest BCUT2D eigenvalue weighted by molar-refractivity contribution is -0.335. The fraction of sp³-hybridized carbons (Fsp3) is 0.462. The zero-order valence-electron chi connectivity index (χ0n) is 18.7. The van der Waals surface area contributed by atoms with Crippen molar-refractivity contribution in [3.63, 3.8) is 0 Å². The fourth-order valence-corrected chi connectivity index (χ4v) is 4.50. The largest absolute Gasteiger partial charge is 0.365 e. The highest BCUT2D eigenvalue weighted by molar-refractivity contribution is 5.49. The molecule has 3 heterocycles. The van der Waals surface area contributed by atoms with Gasteiger partial charge >= 0.3 is 0 Å². The van der Waals surface area contributed by atoms with Crippen LogP contribution in [0.25, 0.3) is 6.08 Å². The standard InChI is InChI=1S/C26H30O6/c1-18-8-7-11-20(14-18)15-27-24-23-21(16-28-26(24)17-29-25(2,3)32-26)30-22(31-23)13-12-19-9-5-4-6-10-19/h4-14,21-24H,15-17H2,1-3H3/b13-12+/t21-,22+,23-,24+,26+/m1/s1. The Morgan fingerprint density at radius 2 is 1.88 bits per heavy atom. The highest BCUT2D eigenvalue weighted by Gasteiger charge is 2.62. The molecule has 3 aliphatic heterocycles. The Kier molecular flexibility index (Phi) is 5.92. The molecule has 0 N–H and O–H groups in total. The van der Waals surface area contributed by atoms with Gasteiger partial charge in [-0.2, -0.15) is 0 Å². The van der Waals surface area contributed by atoms with Crippen LogP contribution in [0.3, 0.4) is 0 Å². The molecule has 5 atom stereocenters. The van der Waals surface area contributed by atoms with Gasteiger partial charge in [-0.05, 0) is 38.0 Å². The first-order chi connectivity index (χ1) is 15.4. The van der Waals surface area contributed by atoms with Crippen molar-refractivity contribution in [1.29, 1.82) is 0 Å². The molecule has 2 aromatic rings. The lowest BCUT2D eigenvalue weighted by Crippen LogP contribution is -2.62. The third-order valence-electron chi connectivity index (χ3n) is 5.99. The SMILES string of the molecule is Cc1cccc(CO[C@H]2[C@@H]3O[C@@H](/C=C/c4ccccc4)O[C@@H]3CO[C@]23COC(C)(C)O3)c1. The van der Waals surface area contributed by atoms with Crippen LogP contribution < -0.4 is 0 Å². The topological polar surface area (TPSA) is 55.4 Å². The summed E-state index contributed by atoms with van der Waals surface area (Å²) in [7, 11) is 0. The molecule has 3 aliphatic rings. The van der Waals surface area contributed by atoms with Crippen LogP contribution in [0, 0.1) is 6.92 Å². The average molecular weight is 439 g/mol. The van der Waals surface area contributed by atoms with Gasteiger partial charge in [-0.1, -0.05) is 66.2 Å². The van der Waals surface area contributed by atoms with Crippen LogP contribution in [0.5, 0.6) is 0 Å². The number of hydrogen-bond acceptors (Lipinski definition) is 6. The maximum atomic E-state index is 6.42. The Bertz CT molecular complexity index is 958. The molecule has 5 rings (SSSR count). The van der Waals surface area contributed by atoms with E-state index in [1.165, 1.54) is 5.56 Å². The maximum absolute atomic E-state index is 6.42. The third-order valence-corrected chi connectivity index (χ3v) is 5.99. The molecule has 1 spiro atoms. The molecule has 170 valence electrons. The molecule has 0 aliphatic carbocycles. The first kappa shape index (κ1) is 21.8. The zero-order valence-corrected chi connectivity index (χ0v) is 18.7. The summed E-state index contributed by atoms with van der Waals surface area (Å²) >= 11 is 0. The van der Waals surface area contributed by atoms with Gasteiger partial charge in [-0.25, -0.2) is 0 Å². The van der Waals surface area contributed by atoms with E-state index in [4.69, 9.17) is 28.4 Å². The quantitative estimate of drug-likeness (QED) is 0.697. The smallest absolute Gasteiger partial charge is 0.224 e. The lowest BCUT2D eigenvalue weighted by Gasteiger charge is -2.43. The molecule has 0 saturated carbocycles. The summed E-state index contributed by atoms with van der Waals surface area (Å²) < 4.78 is 37.2. The number of aryl methyl sites for hydroxylation is 1. The monoisotopic (exact) mass is 438 g/mol. The summed E-state index contributed by atoms with van der Waals surface area (Å²) in [4.78, 5) is 0. The second kappa shape index (κ2) is 8.71. The van der Waals surface area contributed by atoms with Crippen molar-refractivity contribution in [3.05, 3.63) is 77.4 Å². The second-order valence-corrected chi connectivity index (χ2v) is 9.05. The van der Waals surface area contributed by atoms with Crippen molar-refractivity contribution >= 4 is 6.08 Å². The second-order valence-electron chi connectivity index (χ2n) is 9.05. The van der Waals surface area contributed by atoms with Crippen LogP contribution in [0.15, 0.2) is 60.7 Å². The Labute approximate surface area is 189 Å². The molecule has 6 heteroatoms. The van der Waals surface area contributed by atoms with Crippen molar-refractivity contribution in [2.75, 3.05) is 13.2 Å². The molecule has 3 saturated heterocycles. The van der Waals surface area contributed by atoms with Gasteiger partial charge in [0.25, 0.3) is 0 Å². The van der Waals surface area contributed by atoms with Gasteiger partial charge in [0.15, 0.2) is 12.1 Å². The minimum absolute atomic E-state index is 0.249. The van der Waals surface area contributed by atoms with Crippen molar-refractivity contribution in [2.45, 2.75) is 63.6 Å². The molecule has 0 amide bonds. The van der Waals surface area contributed by atoms with Crippen molar-refractivity contribution in [2.24, 2.45) is 0 Å². The van der Waals surface area contributed by atoms with E-state index in [1.54, 1.807) is 0 Å². The Morgan fingerprint density at radius 1 is 1.03 bits per heavy atom. The number of benzene rings is 2. The molecule has 3 fully saturated rings. The van der Waals surface area contributed by atoms with E-state index >= 15 is 0 Å². The first-order valence-electron chi connectivity index (χ1n) is 11.1. The van der Waals surface area contributed by atoms with E-state index < -0.39 is 24.0 Å². The van der Waals surface area contributed by atoms with Crippen LogP contribution >= 0.6 is 0 Å². The molecule has 6 nitrogen and oxygen atoms in total. The summed E-state index contributed by atoms with van der Waals surface area (Å²) in [6.45, 7) is 6.87. The van der Waals surface area contributed by atoms with E-state index in [0.717, 1.165) is 11.1 Å². The Balaban J connectivity index is 1.35. The average Bonchev–Trinajstić information content (AvgIpc) is 3.33. The van der Waals surface area contributed by atoms with Crippen molar-refractivity contribution in [3.8, 4) is 0 Å². The van der Waals surface area contributed by atoms with Gasteiger partial charge in [-0.3, -0.25) is 0 Å². The predicted molar refractivity (Wildman–Crippen MR) is 119 cm³/mol. The van der Waals surface area contributed by atoms with E-state index in [-0.39, 0.29) is 18.8 Å². The van der Waals surface area contributed by atoms with Gasteiger partial charge in [0.05, 0.1) is 13.2 Å². The third kappa shape index (κ3) is 4.53. The van der Waals surface area contributed by atoms with Crippen LogP contribution in [0.2, 0.25) is 0 Å². The number of fused-ring (bicyclic) bond motifs is 1. The number of hydrogen-bond donors (Lipinski definition) is 0.